The maximum absolute atomic E-state index is 3.50. The molecule has 2 nitrogen and oxygen atoms in total. The van der Waals surface area contributed by atoms with E-state index >= 15 is 0 Å². The van der Waals surface area contributed by atoms with Crippen molar-refractivity contribution in [1.82, 2.24) is 10.2 Å². The van der Waals surface area contributed by atoms with Crippen molar-refractivity contribution in [2.75, 3.05) is 32.7 Å². The molecule has 2 heteroatoms. The monoisotopic (exact) mass is 224 g/mol. The molecule has 94 valence electrons. The summed E-state index contributed by atoms with van der Waals surface area (Å²) in [6.45, 7) is 11.3. The molecule has 1 N–H and O–H groups in total. The molecule has 2 fully saturated rings. The van der Waals surface area contributed by atoms with Crippen LogP contribution in [0, 0.1) is 17.8 Å². The van der Waals surface area contributed by atoms with E-state index < -0.39 is 0 Å². The number of rotatable bonds is 3. The first-order valence-corrected chi connectivity index (χ1v) is 7.22. The van der Waals surface area contributed by atoms with Gasteiger partial charge in [0.15, 0.2) is 0 Å². The van der Waals surface area contributed by atoms with E-state index in [9.17, 15) is 0 Å². The van der Waals surface area contributed by atoms with Gasteiger partial charge in [-0.2, -0.15) is 0 Å². The van der Waals surface area contributed by atoms with Crippen LogP contribution in [0.1, 0.15) is 39.5 Å². The molecule has 2 atom stereocenters. The Balaban J connectivity index is 1.73. The smallest absolute Gasteiger partial charge is 0.00132 e. The predicted molar refractivity (Wildman–Crippen MR) is 69.6 cm³/mol. The third-order valence-corrected chi connectivity index (χ3v) is 4.74. The van der Waals surface area contributed by atoms with Crippen LogP contribution < -0.4 is 5.32 Å². The Kier molecular flexibility index (Phi) is 4.66. The van der Waals surface area contributed by atoms with Gasteiger partial charge in [0, 0.05) is 6.54 Å². The molecule has 0 bridgehead atoms. The fourth-order valence-electron chi connectivity index (χ4n) is 3.25. The summed E-state index contributed by atoms with van der Waals surface area (Å²) in [5.74, 6) is 2.83. The van der Waals surface area contributed by atoms with Gasteiger partial charge >= 0.3 is 0 Å². The van der Waals surface area contributed by atoms with Gasteiger partial charge in [0.1, 0.15) is 0 Å². The van der Waals surface area contributed by atoms with E-state index in [1.165, 1.54) is 58.4 Å². The second-order valence-electron chi connectivity index (χ2n) is 5.88. The Hall–Kier alpha value is -0.0800. The van der Waals surface area contributed by atoms with Crippen molar-refractivity contribution in [3.05, 3.63) is 0 Å². The summed E-state index contributed by atoms with van der Waals surface area (Å²) in [4.78, 5) is 2.72. The first-order valence-electron chi connectivity index (χ1n) is 7.22. The zero-order chi connectivity index (χ0) is 11.4. The summed E-state index contributed by atoms with van der Waals surface area (Å²) >= 11 is 0. The van der Waals surface area contributed by atoms with Gasteiger partial charge in [0.2, 0.25) is 0 Å². The molecule has 0 spiro atoms. The summed E-state index contributed by atoms with van der Waals surface area (Å²) in [6.07, 6.45) is 5.65. The Morgan fingerprint density at radius 1 is 1.19 bits per heavy atom. The predicted octanol–water partition coefficient (Wildman–Crippen LogP) is 2.35. The highest BCUT2D eigenvalue weighted by Gasteiger charge is 2.25. The summed E-state index contributed by atoms with van der Waals surface area (Å²) in [6, 6.07) is 0. The number of nitrogens with zero attached hydrogens (tertiary/aromatic N) is 1. The van der Waals surface area contributed by atoms with E-state index in [0.29, 0.717) is 0 Å². The largest absolute Gasteiger partial charge is 0.316 e. The molecule has 2 rings (SSSR count). The standard InChI is InChI=1S/C14H28N2/c1-3-13-5-8-16(9-6-13)11-14-4-7-15-10-12(14)2/h12-15H,3-11H2,1-2H3/t12-,14-/m1/s1. The van der Waals surface area contributed by atoms with Gasteiger partial charge in [0.05, 0.1) is 0 Å². The van der Waals surface area contributed by atoms with Gasteiger partial charge in [0.25, 0.3) is 0 Å². The number of likely N-dealkylation sites (tertiary alicyclic amines) is 1. The van der Waals surface area contributed by atoms with Crippen LogP contribution in [-0.4, -0.2) is 37.6 Å². The molecule has 0 aromatic carbocycles. The van der Waals surface area contributed by atoms with Gasteiger partial charge in [-0.25, -0.2) is 0 Å². The SMILES string of the molecule is CCC1CCN(C[C@H]2CCNC[C@H]2C)CC1. The first-order chi connectivity index (χ1) is 7.79. The lowest BCUT2D eigenvalue weighted by Crippen LogP contribution is -2.43. The topological polar surface area (TPSA) is 15.3 Å². The molecule has 0 aromatic heterocycles. The van der Waals surface area contributed by atoms with Gasteiger partial charge < -0.3 is 10.2 Å². The van der Waals surface area contributed by atoms with Crippen molar-refractivity contribution in [3.8, 4) is 0 Å². The summed E-state index contributed by atoms with van der Waals surface area (Å²) < 4.78 is 0. The highest BCUT2D eigenvalue weighted by molar-refractivity contribution is 4.80. The first kappa shape index (κ1) is 12.4. The molecular weight excluding hydrogens is 196 g/mol. The highest BCUT2D eigenvalue weighted by atomic mass is 15.1. The lowest BCUT2D eigenvalue weighted by atomic mass is 9.86. The average Bonchev–Trinajstić information content (AvgIpc) is 2.33. The molecule has 0 aromatic rings. The van der Waals surface area contributed by atoms with E-state index in [0.717, 1.165) is 17.8 Å². The molecule has 0 aliphatic carbocycles. The lowest BCUT2D eigenvalue weighted by molar-refractivity contribution is 0.126. The Bertz CT molecular complexity index is 197. The van der Waals surface area contributed by atoms with E-state index in [4.69, 9.17) is 0 Å². The van der Waals surface area contributed by atoms with Crippen LogP contribution in [0.2, 0.25) is 0 Å². The zero-order valence-corrected chi connectivity index (χ0v) is 11.0. The maximum atomic E-state index is 3.50. The van der Waals surface area contributed by atoms with Crippen LogP contribution >= 0.6 is 0 Å². The minimum absolute atomic E-state index is 0.873. The summed E-state index contributed by atoms with van der Waals surface area (Å²) in [7, 11) is 0. The molecule has 0 amide bonds. The van der Waals surface area contributed by atoms with Crippen LogP contribution in [-0.2, 0) is 0 Å². The van der Waals surface area contributed by atoms with Crippen molar-refractivity contribution in [1.29, 1.82) is 0 Å². The van der Waals surface area contributed by atoms with Crippen molar-refractivity contribution < 1.29 is 0 Å². The van der Waals surface area contributed by atoms with Gasteiger partial charge in [-0.15, -0.1) is 0 Å². The Morgan fingerprint density at radius 2 is 1.94 bits per heavy atom. The van der Waals surface area contributed by atoms with Gasteiger partial charge in [-0.1, -0.05) is 20.3 Å². The molecule has 2 heterocycles. The molecule has 2 aliphatic heterocycles. The van der Waals surface area contributed by atoms with Crippen LogP contribution in [0.15, 0.2) is 0 Å². The second-order valence-corrected chi connectivity index (χ2v) is 5.88. The molecule has 2 aliphatic rings. The van der Waals surface area contributed by atoms with Crippen LogP contribution in [0.5, 0.6) is 0 Å². The molecule has 16 heavy (non-hydrogen) atoms. The van der Waals surface area contributed by atoms with E-state index in [1.54, 1.807) is 0 Å². The minimum atomic E-state index is 0.873. The molecule has 0 saturated carbocycles. The van der Waals surface area contributed by atoms with Gasteiger partial charge in [-0.3, -0.25) is 0 Å². The Labute approximate surface area is 101 Å². The van der Waals surface area contributed by atoms with Crippen molar-refractivity contribution in [2.24, 2.45) is 17.8 Å². The van der Waals surface area contributed by atoms with Crippen molar-refractivity contribution in [2.45, 2.75) is 39.5 Å². The minimum Gasteiger partial charge on any atom is -0.316 e. The molecular formula is C14H28N2. The molecule has 0 unspecified atom stereocenters. The number of hydrogen-bond acceptors (Lipinski definition) is 2. The third kappa shape index (κ3) is 3.21. The van der Waals surface area contributed by atoms with E-state index in [2.05, 4.69) is 24.1 Å². The summed E-state index contributed by atoms with van der Waals surface area (Å²) in [5.41, 5.74) is 0. The van der Waals surface area contributed by atoms with Gasteiger partial charge in [-0.05, 0) is 63.2 Å². The van der Waals surface area contributed by atoms with E-state index in [-0.39, 0.29) is 0 Å². The molecule has 2 saturated heterocycles. The highest BCUT2D eigenvalue weighted by Crippen LogP contribution is 2.24. The zero-order valence-electron chi connectivity index (χ0n) is 11.0. The van der Waals surface area contributed by atoms with Crippen molar-refractivity contribution in [3.63, 3.8) is 0 Å². The normalized spacial score (nSPS) is 34.1. The van der Waals surface area contributed by atoms with Crippen LogP contribution in [0.25, 0.3) is 0 Å². The average molecular weight is 224 g/mol. The number of nitrogens with one attached hydrogen (secondary N) is 1. The Morgan fingerprint density at radius 3 is 2.56 bits per heavy atom. The van der Waals surface area contributed by atoms with Crippen LogP contribution in [0.3, 0.4) is 0 Å². The fraction of sp³-hybridized carbons (Fsp3) is 1.00. The van der Waals surface area contributed by atoms with E-state index in [1.807, 2.05) is 0 Å². The fourth-order valence-corrected chi connectivity index (χ4v) is 3.25. The molecule has 0 radical (unpaired) electrons. The quantitative estimate of drug-likeness (QED) is 0.791. The van der Waals surface area contributed by atoms with Crippen molar-refractivity contribution >= 4 is 0 Å². The maximum Gasteiger partial charge on any atom is 0.00132 e. The number of piperidine rings is 2. The number of hydrogen-bond donors (Lipinski definition) is 1. The van der Waals surface area contributed by atoms with Crippen LogP contribution in [0.4, 0.5) is 0 Å². The summed E-state index contributed by atoms with van der Waals surface area (Å²) in [5, 5.41) is 3.50. The third-order valence-electron chi connectivity index (χ3n) is 4.74. The lowest BCUT2D eigenvalue weighted by Gasteiger charge is -2.37. The second kappa shape index (κ2) is 6.02.